The number of nitrogen functional groups attached to an aromatic ring is 1. The highest BCUT2D eigenvalue weighted by Crippen LogP contribution is 2.26. The lowest BCUT2D eigenvalue weighted by atomic mass is 10.2. The summed E-state index contributed by atoms with van der Waals surface area (Å²) in [5, 5.41) is 2.60. The lowest BCUT2D eigenvalue weighted by Crippen LogP contribution is -2.53. The molecule has 168 valence electrons. The van der Waals surface area contributed by atoms with Gasteiger partial charge in [-0.1, -0.05) is 12.1 Å². The molecule has 0 spiro atoms. The van der Waals surface area contributed by atoms with E-state index in [0.29, 0.717) is 5.69 Å². The van der Waals surface area contributed by atoms with Gasteiger partial charge in [-0.3, -0.25) is 9.59 Å². The van der Waals surface area contributed by atoms with Crippen LogP contribution < -0.4 is 11.1 Å². The maximum atomic E-state index is 12.9. The van der Waals surface area contributed by atoms with Crippen LogP contribution in [-0.4, -0.2) is 72.6 Å². The number of ether oxygens (including phenoxy) is 2. The highest BCUT2D eigenvalue weighted by Gasteiger charge is 2.29. The number of hydrogen-bond donors (Lipinski definition) is 2. The van der Waals surface area contributed by atoms with Crippen LogP contribution in [0.25, 0.3) is 0 Å². The van der Waals surface area contributed by atoms with Crippen molar-refractivity contribution in [2.24, 2.45) is 0 Å². The second-order valence-electron chi connectivity index (χ2n) is 7.64. The Hall–Kier alpha value is -2.46. The van der Waals surface area contributed by atoms with E-state index in [4.69, 9.17) is 15.2 Å². The van der Waals surface area contributed by atoms with E-state index < -0.39 is 29.6 Å². The minimum absolute atomic E-state index is 0.157. The van der Waals surface area contributed by atoms with Gasteiger partial charge in [0.1, 0.15) is 18.2 Å². The monoisotopic (exact) mass is 440 g/mol. The first kappa shape index (κ1) is 25.6. The van der Waals surface area contributed by atoms with E-state index in [2.05, 4.69) is 5.32 Å². The summed E-state index contributed by atoms with van der Waals surface area (Å²) < 4.78 is 11.9. The van der Waals surface area contributed by atoms with Gasteiger partial charge in [0.25, 0.3) is 0 Å². The summed E-state index contributed by atoms with van der Waals surface area (Å²) >= 11 is 1.34. The first-order valence-electron chi connectivity index (χ1n) is 9.56. The summed E-state index contributed by atoms with van der Waals surface area (Å²) in [6.07, 6.45) is -0.719. The fourth-order valence-corrected chi connectivity index (χ4v) is 3.28. The van der Waals surface area contributed by atoms with E-state index in [-0.39, 0.29) is 19.7 Å². The van der Waals surface area contributed by atoms with Crippen molar-refractivity contribution in [3.05, 3.63) is 24.3 Å². The van der Waals surface area contributed by atoms with Crippen LogP contribution in [0.1, 0.15) is 27.7 Å². The van der Waals surface area contributed by atoms with Gasteiger partial charge in [0, 0.05) is 24.2 Å². The van der Waals surface area contributed by atoms with Crippen LogP contribution in [0.2, 0.25) is 0 Å². The minimum Gasteiger partial charge on any atom is -0.465 e. The molecule has 0 radical (unpaired) electrons. The number of benzene rings is 1. The van der Waals surface area contributed by atoms with Crippen LogP contribution in [0, 0.1) is 0 Å². The summed E-state index contributed by atoms with van der Waals surface area (Å²) in [6, 6.07) is 6.40. The van der Waals surface area contributed by atoms with Gasteiger partial charge in [-0.05, 0) is 58.8 Å². The fraction of sp³-hybridized carbons (Fsp3) is 0.550. The van der Waals surface area contributed by atoms with Gasteiger partial charge in [-0.15, -0.1) is 0 Å². The van der Waals surface area contributed by atoms with E-state index in [0.717, 1.165) is 4.90 Å². The number of nitrogens with zero attached hydrogens (tertiary/aromatic N) is 2. The molecule has 3 N–H and O–H groups in total. The molecule has 0 bridgehead atoms. The van der Waals surface area contributed by atoms with Crippen molar-refractivity contribution in [2.45, 2.75) is 44.2 Å². The molecule has 0 aromatic heterocycles. The maximum Gasteiger partial charge on any atom is 0.408 e. The smallest absolute Gasteiger partial charge is 0.408 e. The van der Waals surface area contributed by atoms with Gasteiger partial charge in [-0.25, -0.2) is 9.10 Å². The Morgan fingerprint density at radius 3 is 2.40 bits per heavy atom. The highest BCUT2D eigenvalue weighted by molar-refractivity contribution is 7.97. The molecule has 0 fully saturated rings. The molecule has 1 aromatic carbocycles. The largest absolute Gasteiger partial charge is 0.465 e. The van der Waals surface area contributed by atoms with Crippen molar-refractivity contribution >= 4 is 35.6 Å². The minimum atomic E-state index is -0.943. The lowest BCUT2D eigenvalue weighted by Gasteiger charge is -2.28. The van der Waals surface area contributed by atoms with Gasteiger partial charge in [0.15, 0.2) is 0 Å². The fourth-order valence-electron chi connectivity index (χ4n) is 2.41. The van der Waals surface area contributed by atoms with Crippen LogP contribution in [-0.2, 0) is 19.1 Å². The SMILES string of the molecule is CCOC(=O)CN(C)C(=O)C(CN(C)Sc1ccccc1N)NC(=O)OC(C)(C)C. The molecule has 0 heterocycles. The van der Waals surface area contributed by atoms with Crippen molar-refractivity contribution in [1.29, 1.82) is 0 Å². The molecule has 0 saturated heterocycles. The number of para-hydroxylation sites is 1. The Balaban J connectivity index is 2.90. The van der Waals surface area contributed by atoms with E-state index in [1.54, 1.807) is 45.1 Å². The van der Waals surface area contributed by atoms with Crippen LogP contribution >= 0.6 is 11.9 Å². The molecule has 0 aliphatic carbocycles. The molecule has 1 rings (SSSR count). The molecule has 30 heavy (non-hydrogen) atoms. The number of rotatable bonds is 9. The molecule has 1 aromatic rings. The predicted octanol–water partition coefficient (Wildman–Crippen LogP) is 2.12. The Morgan fingerprint density at radius 1 is 1.20 bits per heavy atom. The van der Waals surface area contributed by atoms with E-state index in [1.165, 1.54) is 23.9 Å². The average molecular weight is 441 g/mol. The van der Waals surface area contributed by atoms with Crippen molar-refractivity contribution in [3.63, 3.8) is 0 Å². The summed E-state index contributed by atoms with van der Waals surface area (Å²) in [7, 11) is 3.25. The third-order valence-electron chi connectivity index (χ3n) is 3.65. The summed E-state index contributed by atoms with van der Waals surface area (Å²) in [6.45, 7) is 7.04. The zero-order valence-electron chi connectivity index (χ0n) is 18.4. The van der Waals surface area contributed by atoms with Crippen LogP contribution in [0.5, 0.6) is 0 Å². The van der Waals surface area contributed by atoms with Crippen LogP contribution in [0.3, 0.4) is 0 Å². The molecule has 10 heteroatoms. The quantitative estimate of drug-likeness (QED) is 0.341. The summed E-state index contributed by atoms with van der Waals surface area (Å²) in [5.74, 6) is -0.966. The van der Waals surface area contributed by atoms with Gasteiger partial charge < -0.3 is 25.4 Å². The highest BCUT2D eigenvalue weighted by atomic mass is 32.2. The number of alkyl carbamates (subject to hydrolysis) is 1. The first-order valence-corrected chi connectivity index (χ1v) is 10.3. The number of anilines is 1. The second-order valence-corrected chi connectivity index (χ2v) is 8.88. The van der Waals surface area contributed by atoms with E-state index in [9.17, 15) is 14.4 Å². The first-order chi connectivity index (χ1) is 13.9. The number of hydrogen-bond acceptors (Lipinski definition) is 8. The predicted molar refractivity (Wildman–Crippen MR) is 117 cm³/mol. The van der Waals surface area contributed by atoms with Gasteiger partial charge in [0.05, 0.1) is 6.61 Å². The van der Waals surface area contributed by atoms with Crippen molar-refractivity contribution in [1.82, 2.24) is 14.5 Å². The molecule has 2 amide bonds. The molecule has 1 unspecified atom stereocenters. The molecular formula is C20H32N4O5S. The number of amides is 2. The molecule has 0 aliphatic rings. The van der Waals surface area contributed by atoms with Crippen molar-refractivity contribution in [2.75, 3.05) is 39.5 Å². The average Bonchev–Trinajstić information content (AvgIpc) is 2.61. The molecular weight excluding hydrogens is 408 g/mol. The van der Waals surface area contributed by atoms with Crippen molar-refractivity contribution < 1.29 is 23.9 Å². The van der Waals surface area contributed by atoms with Gasteiger partial charge in [-0.2, -0.15) is 0 Å². The lowest BCUT2D eigenvalue weighted by molar-refractivity contribution is -0.148. The maximum absolute atomic E-state index is 12.9. The number of carbonyl (C=O) groups excluding carboxylic acids is 3. The normalized spacial score (nSPS) is 12.2. The Morgan fingerprint density at radius 2 is 1.83 bits per heavy atom. The molecule has 0 saturated carbocycles. The number of nitrogens with two attached hydrogens (primary N) is 1. The Labute approximate surface area is 182 Å². The number of likely N-dealkylation sites (N-methyl/N-ethyl adjacent to an activating group) is 2. The van der Waals surface area contributed by atoms with Crippen LogP contribution in [0.15, 0.2) is 29.2 Å². The third-order valence-corrected chi connectivity index (χ3v) is 4.68. The third kappa shape index (κ3) is 9.36. The summed E-state index contributed by atoms with van der Waals surface area (Å²) in [5.41, 5.74) is 5.87. The number of nitrogens with one attached hydrogen (secondary N) is 1. The Bertz CT molecular complexity index is 738. The zero-order chi connectivity index (χ0) is 22.9. The number of esters is 1. The van der Waals surface area contributed by atoms with E-state index >= 15 is 0 Å². The summed E-state index contributed by atoms with van der Waals surface area (Å²) in [4.78, 5) is 39.0. The number of carbonyl (C=O) groups is 3. The molecule has 0 aliphatic heterocycles. The second kappa shape index (κ2) is 11.7. The molecule has 1 atom stereocenters. The van der Waals surface area contributed by atoms with Gasteiger partial charge in [0.2, 0.25) is 5.91 Å². The Kier molecular flexibility index (Phi) is 9.94. The van der Waals surface area contributed by atoms with E-state index in [1.807, 2.05) is 18.2 Å². The standard InChI is InChI=1S/C20H32N4O5S/c1-7-28-17(25)13-23(5)18(26)15(22-19(27)29-20(2,3)4)12-24(6)30-16-11-9-8-10-14(16)21/h8-11,15H,7,12-13,21H2,1-6H3,(H,22,27). The molecule has 9 nitrogen and oxygen atoms in total. The topological polar surface area (TPSA) is 114 Å². The zero-order valence-corrected chi connectivity index (χ0v) is 19.2. The van der Waals surface area contributed by atoms with Gasteiger partial charge >= 0.3 is 12.1 Å². The van der Waals surface area contributed by atoms with Crippen LogP contribution in [0.4, 0.5) is 10.5 Å². The van der Waals surface area contributed by atoms with Crippen molar-refractivity contribution in [3.8, 4) is 0 Å².